The molecule has 0 radical (unpaired) electrons. The van der Waals surface area contributed by atoms with Crippen molar-refractivity contribution in [3.63, 3.8) is 0 Å². The second kappa shape index (κ2) is 7.88. The number of methoxy groups -OCH3 is 1. The highest BCUT2D eigenvalue weighted by molar-refractivity contribution is 6.32. The molecule has 4 nitrogen and oxygen atoms in total. The molecule has 23 heavy (non-hydrogen) atoms. The van der Waals surface area contributed by atoms with E-state index in [2.05, 4.69) is 5.32 Å². The van der Waals surface area contributed by atoms with Crippen molar-refractivity contribution < 1.29 is 14.3 Å². The average molecular weight is 334 g/mol. The van der Waals surface area contributed by atoms with Gasteiger partial charge in [-0.1, -0.05) is 36.7 Å². The van der Waals surface area contributed by atoms with Crippen LogP contribution < -0.4 is 14.8 Å². The van der Waals surface area contributed by atoms with Crippen molar-refractivity contribution >= 4 is 23.2 Å². The van der Waals surface area contributed by atoms with Gasteiger partial charge in [-0.3, -0.25) is 4.79 Å². The summed E-state index contributed by atoms with van der Waals surface area (Å²) in [5, 5.41) is 3.26. The zero-order valence-corrected chi connectivity index (χ0v) is 14.2. The van der Waals surface area contributed by atoms with E-state index in [-0.39, 0.29) is 5.91 Å². The largest absolute Gasteiger partial charge is 0.495 e. The van der Waals surface area contributed by atoms with Crippen molar-refractivity contribution in [2.45, 2.75) is 26.4 Å². The second-order valence-electron chi connectivity index (χ2n) is 5.12. The molecule has 1 N–H and O–H groups in total. The second-order valence-corrected chi connectivity index (χ2v) is 5.53. The maximum Gasteiger partial charge on any atom is 0.265 e. The van der Waals surface area contributed by atoms with E-state index >= 15 is 0 Å². The third-order valence-corrected chi connectivity index (χ3v) is 3.74. The Kier molecular flexibility index (Phi) is 5.88. The molecule has 0 bridgehead atoms. The van der Waals surface area contributed by atoms with E-state index < -0.39 is 6.10 Å². The number of carbonyl (C=O) groups excluding carboxylic acids is 1. The number of ether oxygens (including phenoxy) is 2. The number of carbonyl (C=O) groups is 1. The van der Waals surface area contributed by atoms with Gasteiger partial charge in [-0.05, 0) is 43.2 Å². The van der Waals surface area contributed by atoms with Gasteiger partial charge in [0.25, 0.3) is 5.91 Å². The number of anilines is 1. The van der Waals surface area contributed by atoms with Gasteiger partial charge in [-0.15, -0.1) is 0 Å². The molecule has 0 aliphatic carbocycles. The van der Waals surface area contributed by atoms with Crippen LogP contribution >= 0.6 is 11.6 Å². The molecule has 0 spiro atoms. The molecule has 0 saturated heterocycles. The quantitative estimate of drug-likeness (QED) is 0.849. The number of hydrogen-bond acceptors (Lipinski definition) is 3. The van der Waals surface area contributed by atoms with Crippen LogP contribution in [0.1, 0.15) is 18.9 Å². The molecule has 5 heteroatoms. The number of nitrogens with one attached hydrogen (secondary N) is 1. The minimum atomic E-state index is -0.572. The van der Waals surface area contributed by atoms with Gasteiger partial charge in [-0.25, -0.2) is 0 Å². The summed E-state index contributed by atoms with van der Waals surface area (Å²) >= 11 is 6.07. The fraction of sp³-hybridized carbons (Fsp3) is 0.278. The number of para-hydroxylation sites is 1. The predicted molar refractivity (Wildman–Crippen MR) is 92.5 cm³/mol. The van der Waals surface area contributed by atoms with E-state index in [1.54, 1.807) is 25.3 Å². The summed E-state index contributed by atoms with van der Waals surface area (Å²) in [5.41, 5.74) is 1.60. The van der Waals surface area contributed by atoms with E-state index in [1.165, 1.54) is 0 Å². The highest BCUT2D eigenvalue weighted by Crippen LogP contribution is 2.27. The Balaban J connectivity index is 2.08. The van der Waals surface area contributed by atoms with E-state index in [9.17, 15) is 4.79 Å². The smallest absolute Gasteiger partial charge is 0.265 e. The lowest BCUT2D eigenvalue weighted by atomic mass is 10.2. The van der Waals surface area contributed by atoms with Crippen molar-refractivity contribution in [3.8, 4) is 11.5 Å². The first-order chi connectivity index (χ1) is 11.0. The summed E-state index contributed by atoms with van der Waals surface area (Å²) in [4.78, 5) is 12.4. The summed E-state index contributed by atoms with van der Waals surface area (Å²) in [7, 11) is 1.54. The third kappa shape index (κ3) is 4.39. The molecule has 0 aliphatic rings. The lowest BCUT2D eigenvalue weighted by Gasteiger charge is -2.18. The molecule has 2 aromatic carbocycles. The SMILES string of the molecule is CC[C@H](Oc1ccccc1C)C(=O)Nc1ccc(OC)c(Cl)c1. The van der Waals surface area contributed by atoms with Crippen LogP contribution in [0.5, 0.6) is 11.5 Å². The number of rotatable bonds is 6. The molecule has 0 aromatic heterocycles. The molecule has 1 atom stereocenters. The summed E-state index contributed by atoms with van der Waals surface area (Å²) < 4.78 is 10.9. The standard InChI is InChI=1S/C18H20ClNO3/c1-4-15(23-16-8-6-5-7-12(16)2)18(21)20-13-9-10-17(22-3)14(19)11-13/h5-11,15H,4H2,1-3H3,(H,20,21)/t15-/m0/s1. The van der Waals surface area contributed by atoms with Crippen LogP contribution in [-0.4, -0.2) is 19.1 Å². The molecular weight excluding hydrogens is 314 g/mol. The summed E-state index contributed by atoms with van der Waals surface area (Å²) in [5.74, 6) is 1.06. The molecule has 0 saturated carbocycles. The zero-order valence-electron chi connectivity index (χ0n) is 13.4. The lowest BCUT2D eigenvalue weighted by Crippen LogP contribution is -2.32. The Bertz CT molecular complexity index is 688. The first-order valence-corrected chi connectivity index (χ1v) is 7.79. The maximum atomic E-state index is 12.4. The molecule has 1 amide bonds. The van der Waals surface area contributed by atoms with Crippen LogP contribution in [0.15, 0.2) is 42.5 Å². The van der Waals surface area contributed by atoms with Crippen LogP contribution in [0, 0.1) is 6.92 Å². The molecule has 0 aliphatic heterocycles. The highest BCUT2D eigenvalue weighted by atomic mass is 35.5. The van der Waals surface area contributed by atoms with Gasteiger partial charge in [0.15, 0.2) is 6.10 Å². The van der Waals surface area contributed by atoms with Crippen molar-refractivity contribution in [1.82, 2.24) is 0 Å². The number of aryl methyl sites for hydroxylation is 1. The third-order valence-electron chi connectivity index (χ3n) is 3.45. The first-order valence-electron chi connectivity index (χ1n) is 7.41. The van der Waals surface area contributed by atoms with Crippen LogP contribution in [0.25, 0.3) is 0 Å². The van der Waals surface area contributed by atoms with Crippen molar-refractivity contribution in [2.24, 2.45) is 0 Å². The number of halogens is 1. The number of amides is 1. The Morgan fingerprint density at radius 2 is 1.96 bits per heavy atom. The minimum absolute atomic E-state index is 0.211. The Morgan fingerprint density at radius 3 is 2.57 bits per heavy atom. The average Bonchev–Trinajstić information content (AvgIpc) is 2.54. The van der Waals surface area contributed by atoms with Crippen molar-refractivity contribution in [3.05, 3.63) is 53.1 Å². The number of hydrogen-bond donors (Lipinski definition) is 1. The van der Waals surface area contributed by atoms with Gasteiger partial charge in [0.2, 0.25) is 0 Å². The van der Waals surface area contributed by atoms with Gasteiger partial charge in [0.1, 0.15) is 11.5 Å². The molecule has 0 heterocycles. The van der Waals surface area contributed by atoms with Crippen LogP contribution in [0.3, 0.4) is 0 Å². The van der Waals surface area contributed by atoms with Gasteiger partial charge in [0.05, 0.1) is 12.1 Å². The van der Waals surface area contributed by atoms with Crippen molar-refractivity contribution in [1.29, 1.82) is 0 Å². The molecule has 122 valence electrons. The first kappa shape index (κ1) is 17.2. The van der Waals surface area contributed by atoms with Crippen LogP contribution in [0.4, 0.5) is 5.69 Å². The van der Waals surface area contributed by atoms with Crippen LogP contribution in [0.2, 0.25) is 5.02 Å². The van der Waals surface area contributed by atoms with Crippen LogP contribution in [-0.2, 0) is 4.79 Å². The number of benzene rings is 2. The minimum Gasteiger partial charge on any atom is -0.495 e. The molecule has 0 unspecified atom stereocenters. The Hall–Kier alpha value is -2.20. The normalized spacial score (nSPS) is 11.7. The van der Waals surface area contributed by atoms with Gasteiger partial charge < -0.3 is 14.8 Å². The van der Waals surface area contributed by atoms with Gasteiger partial charge in [-0.2, -0.15) is 0 Å². The molecule has 0 fully saturated rings. The fourth-order valence-corrected chi connectivity index (χ4v) is 2.39. The Morgan fingerprint density at radius 1 is 1.22 bits per heavy atom. The zero-order chi connectivity index (χ0) is 16.8. The van der Waals surface area contributed by atoms with E-state index in [0.29, 0.717) is 28.6 Å². The predicted octanol–water partition coefficient (Wildman–Crippen LogP) is 4.45. The molecule has 2 rings (SSSR count). The summed E-state index contributed by atoms with van der Waals surface area (Å²) in [6, 6.07) is 12.7. The van der Waals surface area contributed by atoms with E-state index in [0.717, 1.165) is 5.56 Å². The Labute approximate surface area is 141 Å². The summed E-state index contributed by atoms with van der Waals surface area (Å²) in [6.45, 7) is 3.85. The van der Waals surface area contributed by atoms with E-state index in [4.69, 9.17) is 21.1 Å². The lowest BCUT2D eigenvalue weighted by molar-refractivity contribution is -0.122. The van der Waals surface area contributed by atoms with Gasteiger partial charge in [0, 0.05) is 5.69 Å². The van der Waals surface area contributed by atoms with E-state index in [1.807, 2.05) is 38.1 Å². The summed E-state index contributed by atoms with van der Waals surface area (Å²) in [6.07, 6.45) is -0.0127. The monoisotopic (exact) mass is 333 g/mol. The topological polar surface area (TPSA) is 47.6 Å². The van der Waals surface area contributed by atoms with Gasteiger partial charge >= 0.3 is 0 Å². The van der Waals surface area contributed by atoms with Crippen molar-refractivity contribution in [2.75, 3.05) is 12.4 Å². The molecule has 2 aromatic rings. The maximum absolute atomic E-state index is 12.4. The molecular formula is C18H20ClNO3. The fourth-order valence-electron chi connectivity index (χ4n) is 2.13. The highest BCUT2D eigenvalue weighted by Gasteiger charge is 2.19.